The molecule has 0 aliphatic heterocycles. The molecule has 2 aromatic rings. The van der Waals surface area contributed by atoms with E-state index in [0.717, 1.165) is 6.07 Å². The van der Waals surface area contributed by atoms with Crippen LogP contribution in [0.4, 0.5) is 27.6 Å². The number of benzene rings is 2. The summed E-state index contributed by atoms with van der Waals surface area (Å²) in [5.41, 5.74) is 0.405. The summed E-state index contributed by atoms with van der Waals surface area (Å²) < 4.78 is 65.8. The van der Waals surface area contributed by atoms with Crippen molar-refractivity contribution in [3.05, 3.63) is 59.2 Å². The summed E-state index contributed by atoms with van der Waals surface area (Å²) in [7, 11) is 3.24. The second kappa shape index (κ2) is 8.07. The Balaban J connectivity index is 2.48. The zero-order valence-corrected chi connectivity index (χ0v) is 15.2. The Morgan fingerprint density at radius 3 is 2.31 bits per heavy atom. The van der Waals surface area contributed by atoms with Crippen LogP contribution in [0.2, 0.25) is 0 Å². The van der Waals surface area contributed by atoms with E-state index in [-0.39, 0.29) is 22.0 Å². The predicted octanol–water partition coefficient (Wildman–Crippen LogP) is 5.57. The largest absolute Gasteiger partial charge is 0.398 e. The molecule has 0 bridgehead atoms. The van der Waals surface area contributed by atoms with Crippen molar-refractivity contribution < 1.29 is 22.0 Å². The van der Waals surface area contributed by atoms with Crippen molar-refractivity contribution in [1.82, 2.24) is 4.90 Å². The Morgan fingerprint density at radius 2 is 1.73 bits per heavy atom. The number of hydrogen-bond donors (Lipinski definition) is 0. The summed E-state index contributed by atoms with van der Waals surface area (Å²) in [6, 6.07) is 8.28. The highest BCUT2D eigenvalue weighted by molar-refractivity contribution is 7.99. The van der Waals surface area contributed by atoms with Crippen molar-refractivity contribution in [2.24, 2.45) is 4.99 Å². The number of rotatable bonds is 4. The maximum atomic E-state index is 14.3. The molecule has 0 saturated heterocycles. The quantitative estimate of drug-likeness (QED) is 0.295. The molecule has 0 aliphatic carbocycles. The molecule has 0 N–H and O–H groups in total. The molecule has 8 heteroatoms. The third kappa shape index (κ3) is 5.20. The highest BCUT2D eigenvalue weighted by atomic mass is 32.2. The van der Waals surface area contributed by atoms with Crippen molar-refractivity contribution in [1.29, 1.82) is 0 Å². The van der Waals surface area contributed by atoms with E-state index in [1.807, 2.05) is 0 Å². The van der Waals surface area contributed by atoms with Gasteiger partial charge in [-0.15, -0.1) is 11.8 Å². The van der Waals surface area contributed by atoms with E-state index in [1.165, 1.54) is 36.1 Å². The van der Waals surface area contributed by atoms with E-state index in [4.69, 9.17) is 0 Å². The minimum atomic E-state index is -4.34. The van der Waals surface area contributed by atoms with Crippen molar-refractivity contribution in [2.75, 3.05) is 19.8 Å². The van der Waals surface area contributed by atoms with Crippen LogP contribution in [0, 0.1) is 18.6 Å². The molecule has 0 spiro atoms. The van der Waals surface area contributed by atoms with Crippen LogP contribution in [0.5, 0.6) is 0 Å². The molecule has 0 fully saturated rings. The fraction of sp³-hybridized carbons (Fsp3) is 0.278. The first kappa shape index (κ1) is 20.2. The molecule has 2 aromatic carbocycles. The van der Waals surface area contributed by atoms with E-state index in [1.54, 1.807) is 20.2 Å². The molecular formula is C18H17F5N2S. The summed E-state index contributed by atoms with van der Waals surface area (Å²) in [4.78, 5) is 5.95. The van der Waals surface area contributed by atoms with Gasteiger partial charge in [0.25, 0.3) is 0 Å². The smallest absolute Gasteiger partial charge is 0.362 e. The summed E-state index contributed by atoms with van der Waals surface area (Å²) in [6.45, 7) is 1.53. The van der Waals surface area contributed by atoms with Gasteiger partial charge in [0.1, 0.15) is 23.2 Å². The summed E-state index contributed by atoms with van der Waals surface area (Å²) in [5.74, 6) is -2.14. The minimum Gasteiger partial charge on any atom is -0.362 e. The monoisotopic (exact) mass is 388 g/mol. The first-order chi connectivity index (χ1) is 12.1. The van der Waals surface area contributed by atoms with Crippen molar-refractivity contribution in [3.63, 3.8) is 0 Å². The Labute approximate surface area is 152 Å². The average molecular weight is 388 g/mol. The molecule has 2 rings (SSSR count). The van der Waals surface area contributed by atoms with Gasteiger partial charge >= 0.3 is 6.18 Å². The number of aryl methyl sites for hydroxylation is 1. The molecule has 2 nitrogen and oxygen atoms in total. The number of thioether (sulfide) groups is 1. The molecule has 0 heterocycles. The second-order valence-electron chi connectivity index (χ2n) is 5.78. The van der Waals surface area contributed by atoms with Gasteiger partial charge in [0, 0.05) is 19.0 Å². The van der Waals surface area contributed by atoms with Crippen molar-refractivity contribution in [2.45, 2.75) is 18.0 Å². The van der Waals surface area contributed by atoms with Gasteiger partial charge in [-0.25, -0.2) is 13.8 Å². The van der Waals surface area contributed by atoms with Gasteiger partial charge in [-0.2, -0.15) is 13.2 Å². The van der Waals surface area contributed by atoms with Gasteiger partial charge in [0.05, 0.1) is 11.3 Å². The van der Waals surface area contributed by atoms with Crippen LogP contribution >= 0.6 is 11.8 Å². The van der Waals surface area contributed by atoms with Crippen molar-refractivity contribution >= 4 is 23.3 Å². The zero-order chi connectivity index (χ0) is 19.5. The zero-order valence-electron chi connectivity index (χ0n) is 14.4. The van der Waals surface area contributed by atoms with E-state index in [9.17, 15) is 22.0 Å². The first-order valence-corrected chi connectivity index (χ1v) is 8.57. The predicted molar refractivity (Wildman–Crippen MR) is 94.2 cm³/mol. The molecule has 140 valence electrons. The number of alkyl halides is 3. The lowest BCUT2D eigenvalue weighted by Gasteiger charge is -2.17. The Hall–Kier alpha value is -2.09. The van der Waals surface area contributed by atoms with Gasteiger partial charge in [-0.05, 0) is 36.8 Å². The molecule has 0 amide bonds. The number of amidine groups is 1. The molecule has 0 aliphatic rings. The van der Waals surface area contributed by atoms with E-state index < -0.39 is 23.6 Å². The number of halogens is 5. The Morgan fingerprint density at radius 1 is 1.08 bits per heavy atom. The Kier molecular flexibility index (Phi) is 6.28. The van der Waals surface area contributed by atoms with Crippen LogP contribution < -0.4 is 0 Å². The van der Waals surface area contributed by atoms with Gasteiger partial charge in [-0.1, -0.05) is 12.1 Å². The lowest BCUT2D eigenvalue weighted by molar-refractivity contribution is -0.105. The second-order valence-corrected chi connectivity index (χ2v) is 6.80. The summed E-state index contributed by atoms with van der Waals surface area (Å²) in [6.07, 6.45) is -4.34. The fourth-order valence-electron chi connectivity index (χ4n) is 2.20. The highest BCUT2D eigenvalue weighted by Gasteiger charge is 2.27. The molecular weight excluding hydrogens is 371 g/mol. The van der Waals surface area contributed by atoms with Crippen LogP contribution in [-0.4, -0.2) is 36.8 Å². The van der Waals surface area contributed by atoms with Crippen molar-refractivity contribution in [3.8, 4) is 0 Å². The molecule has 26 heavy (non-hydrogen) atoms. The van der Waals surface area contributed by atoms with Gasteiger partial charge in [-0.3, -0.25) is 0 Å². The molecule has 0 unspecified atom stereocenters. The molecule has 0 atom stereocenters. The average Bonchev–Trinajstić information content (AvgIpc) is 2.53. The maximum absolute atomic E-state index is 14.3. The number of nitrogens with zero attached hydrogens (tertiary/aromatic N) is 2. The third-order valence-electron chi connectivity index (χ3n) is 3.40. The highest BCUT2D eigenvalue weighted by Crippen LogP contribution is 2.33. The third-order valence-corrected chi connectivity index (χ3v) is 4.62. The fourth-order valence-corrected chi connectivity index (χ4v) is 3.00. The normalized spacial score (nSPS) is 12.4. The Bertz CT molecular complexity index is 816. The topological polar surface area (TPSA) is 15.6 Å². The van der Waals surface area contributed by atoms with Gasteiger partial charge < -0.3 is 4.90 Å². The number of aliphatic imine (C=N–C) groups is 1. The van der Waals surface area contributed by atoms with Crippen LogP contribution in [0.25, 0.3) is 0 Å². The molecule has 0 aromatic heterocycles. The molecule has 0 radical (unpaired) electrons. The standard InChI is InChI=1S/C18H17F5N2S/c1-11-8-14(20)15(9-16(11)26-10-18(21,22)23)24-17(25(2)3)12-6-4-5-7-13(12)19/h4-9H,10H2,1-3H3. The molecule has 0 saturated carbocycles. The van der Waals surface area contributed by atoms with Crippen LogP contribution in [0.15, 0.2) is 46.3 Å². The maximum Gasteiger partial charge on any atom is 0.398 e. The van der Waals surface area contributed by atoms with Crippen LogP contribution in [0.3, 0.4) is 0 Å². The van der Waals surface area contributed by atoms with Gasteiger partial charge in [0.15, 0.2) is 0 Å². The van der Waals surface area contributed by atoms with Crippen LogP contribution in [-0.2, 0) is 0 Å². The first-order valence-electron chi connectivity index (χ1n) is 7.59. The lowest BCUT2D eigenvalue weighted by atomic mass is 10.1. The van der Waals surface area contributed by atoms with E-state index in [0.29, 0.717) is 17.3 Å². The van der Waals surface area contributed by atoms with E-state index in [2.05, 4.69) is 4.99 Å². The van der Waals surface area contributed by atoms with Crippen LogP contribution in [0.1, 0.15) is 11.1 Å². The summed E-state index contributed by atoms with van der Waals surface area (Å²) in [5, 5.41) is 0. The number of hydrogen-bond acceptors (Lipinski definition) is 2. The van der Waals surface area contributed by atoms with Gasteiger partial charge in [0.2, 0.25) is 0 Å². The van der Waals surface area contributed by atoms with E-state index >= 15 is 0 Å². The SMILES string of the molecule is Cc1cc(F)c(N=C(c2ccccc2F)N(C)C)cc1SCC(F)(F)F. The summed E-state index contributed by atoms with van der Waals surface area (Å²) >= 11 is 0.563. The minimum absolute atomic E-state index is 0.146. The lowest BCUT2D eigenvalue weighted by Crippen LogP contribution is -2.24.